The Bertz CT molecular complexity index is 420. The number of rotatable bonds is 4. The average Bonchev–Trinajstić information content (AvgIpc) is 2.33. The van der Waals surface area contributed by atoms with Crippen LogP contribution in [0.4, 0.5) is 10.1 Å². The van der Waals surface area contributed by atoms with Crippen LogP contribution >= 0.6 is 0 Å². The van der Waals surface area contributed by atoms with Crippen molar-refractivity contribution in [2.24, 2.45) is 0 Å². The van der Waals surface area contributed by atoms with Gasteiger partial charge in [-0.1, -0.05) is 6.07 Å². The Hall–Kier alpha value is -1.13. The van der Waals surface area contributed by atoms with E-state index in [0.717, 1.165) is 38.4 Å². The minimum absolute atomic E-state index is 0.189. The number of piperazine rings is 1. The first kappa shape index (κ1) is 14.3. The third-order valence-corrected chi connectivity index (χ3v) is 3.98. The van der Waals surface area contributed by atoms with E-state index in [2.05, 4.69) is 36.0 Å². The summed E-state index contributed by atoms with van der Waals surface area (Å²) in [5.41, 5.74) is 1.09. The summed E-state index contributed by atoms with van der Waals surface area (Å²) in [4.78, 5) is 4.87. The Balaban J connectivity index is 1.77. The van der Waals surface area contributed by atoms with Gasteiger partial charge in [-0.2, -0.15) is 0 Å². The van der Waals surface area contributed by atoms with Gasteiger partial charge in [-0.25, -0.2) is 4.39 Å². The number of anilines is 1. The van der Waals surface area contributed by atoms with Gasteiger partial charge in [-0.15, -0.1) is 0 Å². The van der Waals surface area contributed by atoms with Gasteiger partial charge in [0.2, 0.25) is 0 Å². The number of likely N-dealkylation sites (N-methyl/N-ethyl adjacent to an activating group) is 1. The highest BCUT2D eigenvalue weighted by atomic mass is 19.1. The molecule has 0 aliphatic carbocycles. The molecule has 1 aliphatic heterocycles. The van der Waals surface area contributed by atoms with Crippen molar-refractivity contribution in [2.75, 3.05) is 45.1 Å². The molecular formula is C15H24FN3. The normalized spacial score (nSPS) is 20.4. The summed E-state index contributed by atoms with van der Waals surface area (Å²) < 4.78 is 13.0. The molecule has 0 atom stereocenters. The van der Waals surface area contributed by atoms with E-state index in [1.165, 1.54) is 12.1 Å². The fourth-order valence-electron chi connectivity index (χ4n) is 2.49. The fraction of sp³-hybridized carbons (Fsp3) is 0.600. The molecule has 0 spiro atoms. The number of nitrogens with one attached hydrogen (secondary N) is 1. The molecule has 4 heteroatoms. The Morgan fingerprint density at radius 3 is 2.79 bits per heavy atom. The van der Waals surface area contributed by atoms with Crippen LogP contribution in [0.5, 0.6) is 0 Å². The number of nitrogens with zero attached hydrogens (tertiary/aromatic N) is 2. The summed E-state index contributed by atoms with van der Waals surface area (Å²) in [6, 6.07) is 6.63. The molecule has 3 nitrogen and oxygen atoms in total. The van der Waals surface area contributed by atoms with Gasteiger partial charge in [-0.05, 0) is 39.1 Å². The molecule has 1 aromatic rings. The lowest BCUT2D eigenvalue weighted by Crippen LogP contribution is -2.58. The van der Waals surface area contributed by atoms with Crippen LogP contribution in [0.15, 0.2) is 24.3 Å². The van der Waals surface area contributed by atoms with E-state index in [1.54, 1.807) is 6.07 Å². The average molecular weight is 265 g/mol. The van der Waals surface area contributed by atoms with Crippen LogP contribution in [0.1, 0.15) is 13.8 Å². The summed E-state index contributed by atoms with van der Waals surface area (Å²) in [5, 5.41) is 3.28. The van der Waals surface area contributed by atoms with E-state index < -0.39 is 0 Å². The summed E-state index contributed by atoms with van der Waals surface area (Å²) in [6.45, 7) is 9.68. The Labute approximate surface area is 115 Å². The number of benzene rings is 1. The second kappa shape index (κ2) is 5.88. The predicted octanol–water partition coefficient (Wildman–Crippen LogP) is 2.26. The maximum Gasteiger partial charge on any atom is 0.125 e. The number of hydrogen-bond donors (Lipinski definition) is 1. The predicted molar refractivity (Wildman–Crippen MR) is 78.0 cm³/mol. The van der Waals surface area contributed by atoms with Crippen LogP contribution < -0.4 is 5.32 Å². The smallest absolute Gasteiger partial charge is 0.125 e. The first-order valence-corrected chi connectivity index (χ1v) is 6.90. The van der Waals surface area contributed by atoms with Crippen LogP contribution in [0, 0.1) is 5.82 Å². The molecule has 1 aromatic carbocycles. The Morgan fingerprint density at radius 1 is 1.32 bits per heavy atom. The molecule has 1 N–H and O–H groups in total. The van der Waals surface area contributed by atoms with Gasteiger partial charge in [-0.3, -0.25) is 9.80 Å². The monoisotopic (exact) mass is 265 g/mol. The van der Waals surface area contributed by atoms with Crippen LogP contribution in [0.25, 0.3) is 0 Å². The highest BCUT2D eigenvalue weighted by Crippen LogP contribution is 2.18. The molecule has 0 bridgehead atoms. The molecule has 106 valence electrons. The van der Waals surface area contributed by atoms with E-state index in [4.69, 9.17) is 0 Å². The minimum Gasteiger partial charge on any atom is -0.384 e. The van der Waals surface area contributed by atoms with Crippen molar-refractivity contribution in [1.29, 1.82) is 0 Å². The first-order chi connectivity index (χ1) is 8.97. The number of halogens is 1. The van der Waals surface area contributed by atoms with E-state index in [9.17, 15) is 4.39 Å². The summed E-state index contributed by atoms with van der Waals surface area (Å²) in [6.07, 6.45) is 0. The van der Waals surface area contributed by atoms with Gasteiger partial charge in [0, 0.05) is 44.0 Å². The van der Waals surface area contributed by atoms with Crippen molar-refractivity contribution >= 4 is 5.69 Å². The van der Waals surface area contributed by atoms with Crippen molar-refractivity contribution < 1.29 is 4.39 Å². The molecule has 0 amide bonds. The Kier molecular flexibility index (Phi) is 4.42. The van der Waals surface area contributed by atoms with Crippen LogP contribution in [-0.4, -0.2) is 55.1 Å². The van der Waals surface area contributed by atoms with Gasteiger partial charge in [0.25, 0.3) is 0 Å². The minimum atomic E-state index is -0.189. The molecule has 1 fully saturated rings. The quantitative estimate of drug-likeness (QED) is 0.901. The SMILES string of the molecule is CN1CCN(CCNc2cccc(F)c2)CC1(C)C. The third-order valence-electron chi connectivity index (χ3n) is 3.98. The zero-order chi connectivity index (χ0) is 13.9. The highest BCUT2D eigenvalue weighted by molar-refractivity contribution is 5.42. The topological polar surface area (TPSA) is 18.5 Å². The zero-order valence-electron chi connectivity index (χ0n) is 12.1. The van der Waals surface area contributed by atoms with Crippen LogP contribution in [0.3, 0.4) is 0 Å². The van der Waals surface area contributed by atoms with Crippen molar-refractivity contribution in [3.63, 3.8) is 0 Å². The van der Waals surface area contributed by atoms with Gasteiger partial charge >= 0.3 is 0 Å². The summed E-state index contributed by atoms with van der Waals surface area (Å²) >= 11 is 0. The third kappa shape index (κ3) is 3.91. The van der Waals surface area contributed by atoms with E-state index in [1.807, 2.05) is 6.07 Å². The van der Waals surface area contributed by atoms with Crippen molar-refractivity contribution in [2.45, 2.75) is 19.4 Å². The molecule has 1 heterocycles. The maximum absolute atomic E-state index is 13.0. The van der Waals surface area contributed by atoms with E-state index in [0.29, 0.717) is 0 Å². The Morgan fingerprint density at radius 2 is 2.11 bits per heavy atom. The van der Waals surface area contributed by atoms with Gasteiger partial charge < -0.3 is 5.32 Å². The lowest BCUT2D eigenvalue weighted by atomic mass is 10.00. The fourth-order valence-corrected chi connectivity index (χ4v) is 2.49. The van der Waals surface area contributed by atoms with Gasteiger partial charge in [0.05, 0.1) is 0 Å². The first-order valence-electron chi connectivity index (χ1n) is 6.90. The second-order valence-electron chi connectivity index (χ2n) is 5.95. The standard InChI is InChI=1S/C15H24FN3/c1-15(2)12-19(10-9-18(15)3)8-7-17-14-6-4-5-13(16)11-14/h4-6,11,17H,7-10,12H2,1-3H3. The molecule has 1 aliphatic rings. The largest absolute Gasteiger partial charge is 0.384 e. The lowest BCUT2D eigenvalue weighted by Gasteiger charge is -2.45. The van der Waals surface area contributed by atoms with Crippen molar-refractivity contribution in [3.8, 4) is 0 Å². The van der Waals surface area contributed by atoms with Crippen molar-refractivity contribution in [3.05, 3.63) is 30.1 Å². The molecular weight excluding hydrogens is 241 g/mol. The molecule has 2 rings (SSSR count). The molecule has 0 radical (unpaired) electrons. The number of hydrogen-bond acceptors (Lipinski definition) is 3. The van der Waals surface area contributed by atoms with Gasteiger partial charge in [0.15, 0.2) is 0 Å². The molecule has 0 aromatic heterocycles. The zero-order valence-corrected chi connectivity index (χ0v) is 12.1. The van der Waals surface area contributed by atoms with Gasteiger partial charge in [0.1, 0.15) is 5.82 Å². The maximum atomic E-state index is 13.0. The van der Waals surface area contributed by atoms with E-state index in [-0.39, 0.29) is 11.4 Å². The van der Waals surface area contributed by atoms with Crippen LogP contribution in [-0.2, 0) is 0 Å². The molecule has 1 saturated heterocycles. The molecule has 0 saturated carbocycles. The van der Waals surface area contributed by atoms with E-state index >= 15 is 0 Å². The summed E-state index contributed by atoms with van der Waals surface area (Å²) in [5.74, 6) is -0.189. The van der Waals surface area contributed by atoms with Crippen molar-refractivity contribution in [1.82, 2.24) is 9.80 Å². The highest BCUT2D eigenvalue weighted by Gasteiger charge is 2.30. The second-order valence-corrected chi connectivity index (χ2v) is 5.95. The molecule has 0 unspecified atom stereocenters. The summed E-state index contributed by atoms with van der Waals surface area (Å²) in [7, 11) is 2.18. The van der Waals surface area contributed by atoms with Crippen LogP contribution in [0.2, 0.25) is 0 Å². The molecule has 19 heavy (non-hydrogen) atoms. The lowest BCUT2D eigenvalue weighted by molar-refractivity contribution is 0.0423.